The number of nitrogens with zero attached hydrogens (tertiary/aromatic N) is 6. The smallest absolute Gasteiger partial charge is 0.250 e. The van der Waals surface area contributed by atoms with Crippen LogP contribution in [0.4, 0.5) is 17.8 Å². The average molecular weight is 443 g/mol. The highest BCUT2D eigenvalue weighted by Gasteiger charge is 2.29. The lowest BCUT2D eigenvalue weighted by Gasteiger charge is -2.30. The number of ether oxygens (including phenoxy) is 2. The molecule has 14 heteroatoms. The van der Waals surface area contributed by atoms with Gasteiger partial charge in [0, 0.05) is 26.2 Å². The number of morpholine rings is 2. The van der Waals surface area contributed by atoms with Crippen LogP contribution in [0, 0.1) is 0 Å². The molecule has 3 heterocycles. The number of nitrogens with one attached hydrogen (secondary N) is 1. The van der Waals surface area contributed by atoms with Gasteiger partial charge in [-0.2, -0.15) is 20.1 Å². The van der Waals surface area contributed by atoms with E-state index in [1.165, 1.54) is 0 Å². The molecule has 14 nitrogen and oxygen atoms in total. The fraction of sp³-hybridized carbons (Fsp3) is 0.765. The Bertz CT molecular complexity index is 680. The molecule has 4 atom stereocenters. The van der Waals surface area contributed by atoms with Gasteiger partial charge in [-0.1, -0.05) is 0 Å². The highest BCUT2D eigenvalue weighted by molar-refractivity contribution is 5.64. The van der Waals surface area contributed by atoms with E-state index in [2.05, 4.69) is 25.5 Å². The Morgan fingerprint density at radius 1 is 0.871 bits per heavy atom. The average Bonchev–Trinajstić information content (AvgIpc) is 2.83. The number of aliphatic hydroxyl groups excluding tert-OH is 5. The summed E-state index contributed by atoms with van der Waals surface area (Å²) >= 11 is 0. The molecule has 31 heavy (non-hydrogen) atoms. The largest absolute Gasteiger partial charge is 0.394 e. The Morgan fingerprint density at radius 2 is 1.39 bits per heavy atom. The summed E-state index contributed by atoms with van der Waals surface area (Å²) in [4.78, 5) is 17.2. The zero-order chi connectivity index (χ0) is 22.2. The van der Waals surface area contributed by atoms with Crippen LogP contribution in [0.1, 0.15) is 0 Å². The Labute approximate surface area is 178 Å². The Hall–Kier alpha value is -2.20. The quantitative estimate of drug-likeness (QED) is 0.162. The predicted molar refractivity (Wildman–Crippen MR) is 109 cm³/mol. The third kappa shape index (κ3) is 6.39. The number of aromatic nitrogens is 3. The highest BCUT2D eigenvalue weighted by atomic mass is 16.5. The molecule has 0 radical (unpaired) electrons. The van der Waals surface area contributed by atoms with Crippen molar-refractivity contribution in [3.05, 3.63) is 0 Å². The van der Waals surface area contributed by atoms with Crippen LogP contribution in [-0.4, -0.2) is 130 Å². The molecule has 0 bridgehead atoms. The summed E-state index contributed by atoms with van der Waals surface area (Å²) in [5.74, 6) is 1.05. The number of hydrogen-bond donors (Lipinski definition) is 6. The maximum absolute atomic E-state index is 9.94. The van der Waals surface area contributed by atoms with Gasteiger partial charge in [0.1, 0.15) is 24.4 Å². The first-order chi connectivity index (χ1) is 15.0. The van der Waals surface area contributed by atoms with Gasteiger partial charge in [0.2, 0.25) is 17.8 Å². The second-order valence-electron chi connectivity index (χ2n) is 7.07. The molecule has 1 aromatic heterocycles. The SMILES string of the molecule is OC[C@H](O)[C@H](O)[C@H](O)[C@H](O)/C=N\Nc1nc(N2CCOCC2)nc(N2CCOCC2)n1. The van der Waals surface area contributed by atoms with Crippen molar-refractivity contribution in [1.29, 1.82) is 0 Å². The molecule has 174 valence electrons. The molecule has 2 aliphatic rings. The molecular weight excluding hydrogens is 414 g/mol. The number of rotatable bonds is 9. The van der Waals surface area contributed by atoms with Crippen LogP contribution in [0.2, 0.25) is 0 Å². The molecule has 2 fully saturated rings. The molecule has 0 aliphatic carbocycles. The monoisotopic (exact) mass is 443 g/mol. The summed E-state index contributed by atoms with van der Waals surface area (Å²) in [6.07, 6.45) is -5.77. The molecule has 0 amide bonds. The first-order valence-electron chi connectivity index (χ1n) is 10.0. The second-order valence-corrected chi connectivity index (χ2v) is 7.07. The van der Waals surface area contributed by atoms with Gasteiger partial charge in [-0.3, -0.25) is 0 Å². The van der Waals surface area contributed by atoms with E-state index < -0.39 is 31.0 Å². The maximum atomic E-state index is 9.94. The molecular formula is C17H29N7O7. The number of hydrogen-bond acceptors (Lipinski definition) is 14. The molecule has 0 aromatic carbocycles. The van der Waals surface area contributed by atoms with Crippen molar-refractivity contribution < 1.29 is 35.0 Å². The molecule has 0 spiro atoms. The molecule has 6 N–H and O–H groups in total. The van der Waals surface area contributed by atoms with Gasteiger partial charge in [0.15, 0.2) is 0 Å². The van der Waals surface area contributed by atoms with Crippen LogP contribution in [0.3, 0.4) is 0 Å². The summed E-state index contributed by atoms with van der Waals surface area (Å²) in [5.41, 5.74) is 2.60. The summed E-state index contributed by atoms with van der Waals surface area (Å²) in [6.45, 7) is 4.00. The molecule has 3 rings (SSSR count). The van der Waals surface area contributed by atoms with Crippen molar-refractivity contribution in [3.8, 4) is 0 Å². The van der Waals surface area contributed by atoms with Gasteiger partial charge in [-0.15, -0.1) is 0 Å². The minimum absolute atomic E-state index is 0.131. The molecule has 0 unspecified atom stereocenters. The topological polar surface area (TPSA) is 189 Å². The van der Waals surface area contributed by atoms with Crippen LogP contribution in [0.25, 0.3) is 0 Å². The molecule has 2 saturated heterocycles. The lowest BCUT2D eigenvalue weighted by molar-refractivity contribution is -0.0999. The Balaban J connectivity index is 1.72. The second kappa shape index (κ2) is 11.4. The standard InChI is InChI=1S/C17H29N7O7/c25-10-12(27)14(29)13(28)11(26)9-18-22-15-19-16(23-1-5-30-6-2-23)21-17(20-15)24-3-7-31-8-4-24/h9,11-14,25-29H,1-8,10H2,(H,19,20,21,22)/b18-9-/t11-,12+,13-,14+/m1/s1. The van der Waals surface area contributed by atoms with E-state index in [1.807, 2.05) is 9.80 Å². The number of hydrazone groups is 1. The molecule has 2 aliphatic heterocycles. The fourth-order valence-electron chi connectivity index (χ4n) is 3.01. The van der Waals surface area contributed by atoms with Gasteiger partial charge in [0.25, 0.3) is 0 Å². The Kier molecular flexibility index (Phi) is 8.65. The lowest BCUT2D eigenvalue weighted by atomic mass is 10.0. The van der Waals surface area contributed by atoms with E-state index in [4.69, 9.17) is 14.6 Å². The van der Waals surface area contributed by atoms with Crippen LogP contribution in [0.5, 0.6) is 0 Å². The van der Waals surface area contributed by atoms with Gasteiger partial charge in [0.05, 0.1) is 39.2 Å². The van der Waals surface area contributed by atoms with E-state index >= 15 is 0 Å². The van der Waals surface area contributed by atoms with Crippen LogP contribution in [0.15, 0.2) is 5.10 Å². The summed E-state index contributed by atoms with van der Waals surface area (Å²) in [6, 6.07) is 0. The van der Waals surface area contributed by atoms with Crippen molar-refractivity contribution in [2.45, 2.75) is 24.4 Å². The van der Waals surface area contributed by atoms with E-state index in [-0.39, 0.29) is 5.95 Å². The summed E-state index contributed by atoms with van der Waals surface area (Å²) in [7, 11) is 0. The van der Waals surface area contributed by atoms with Crippen molar-refractivity contribution in [2.24, 2.45) is 5.10 Å². The zero-order valence-corrected chi connectivity index (χ0v) is 17.0. The highest BCUT2D eigenvalue weighted by Crippen LogP contribution is 2.18. The minimum atomic E-state index is -1.75. The summed E-state index contributed by atoms with van der Waals surface area (Å²) < 4.78 is 10.7. The Morgan fingerprint density at radius 3 is 1.87 bits per heavy atom. The van der Waals surface area contributed by atoms with E-state index in [0.29, 0.717) is 64.5 Å². The van der Waals surface area contributed by atoms with E-state index in [1.54, 1.807) is 0 Å². The van der Waals surface area contributed by atoms with Crippen molar-refractivity contribution in [3.63, 3.8) is 0 Å². The molecule has 0 saturated carbocycles. The lowest BCUT2D eigenvalue weighted by Crippen LogP contribution is -2.46. The van der Waals surface area contributed by atoms with Gasteiger partial charge >= 0.3 is 0 Å². The molecule has 1 aromatic rings. The third-order valence-corrected chi connectivity index (χ3v) is 4.87. The van der Waals surface area contributed by atoms with Crippen LogP contribution in [-0.2, 0) is 9.47 Å². The van der Waals surface area contributed by atoms with Crippen molar-refractivity contribution in [1.82, 2.24) is 15.0 Å². The first kappa shape index (κ1) is 23.5. The van der Waals surface area contributed by atoms with Crippen LogP contribution >= 0.6 is 0 Å². The van der Waals surface area contributed by atoms with Gasteiger partial charge in [-0.25, -0.2) is 5.43 Å². The maximum Gasteiger partial charge on any atom is 0.250 e. The van der Waals surface area contributed by atoms with Crippen molar-refractivity contribution >= 4 is 24.1 Å². The van der Waals surface area contributed by atoms with Crippen LogP contribution < -0.4 is 15.2 Å². The number of anilines is 3. The zero-order valence-electron chi connectivity index (χ0n) is 17.0. The fourth-order valence-corrected chi connectivity index (χ4v) is 3.01. The van der Waals surface area contributed by atoms with Gasteiger partial charge < -0.3 is 44.8 Å². The normalized spacial score (nSPS) is 21.7. The number of aliphatic hydroxyl groups is 5. The van der Waals surface area contributed by atoms with E-state index in [0.717, 1.165) is 6.21 Å². The third-order valence-electron chi connectivity index (χ3n) is 4.87. The first-order valence-corrected chi connectivity index (χ1v) is 10.0. The minimum Gasteiger partial charge on any atom is -0.394 e. The van der Waals surface area contributed by atoms with Gasteiger partial charge in [-0.05, 0) is 0 Å². The van der Waals surface area contributed by atoms with E-state index in [9.17, 15) is 20.4 Å². The summed E-state index contributed by atoms with van der Waals surface area (Å²) in [5, 5.41) is 51.5. The predicted octanol–water partition coefficient (Wildman–Crippen LogP) is -3.62. The van der Waals surface area contributed by atoms with Crippen molar-refractivity contribution in [2.75, 3.05) is 74.4 Å².